The molecule has 0 aliphatic heterocycles. The maximum atomic E-state index is 12.3. The Balaban J connectivity index is 1.18. The minimum atomic E-state index is -0.477. The first-order chi connectivity index (χ1) is 18.0. The lowest BCUT2D eigenvalue weighted by molar-refractivity contribution is -0.384. The van der Waals surface area contributed by atoms with Crippen LogP contribution in [0.1, 0.15) is 5.76 Å². The van der Waals surface area contributed by atoms with Crippen molar-refractivity contribution in [3.8, 4) is 22.8 Å². The molecule has 5 aromatic rings. The number of aromatic nitrogens is 2. The molecule has 5 rings (SSSR count). The molecule has 0 aliphatic rings. The van der Waals surface area contributed by atoms with Crippen molar-refractivity contribution in [1.82, 2.24) is 15.3 Å². The number of rotatable bonds is 6. The maximum absolute atomic E-state index is 12.3. The number of nitro benzene ring substituents is 1. The molecule has 0 bridgehead atoms. The van der Waals surface area contributed by atoms with Crippen LogP contribution in [0.5, 0.6) is 0 Å². The summed E-state index contributed by atoms with van der Waals surface area (Å²) in [5.41, 5.74) is 2.83. The number of nitrogens with zero attached hydrogens (tertiary/aromatic N) is 3. The number of nitrogens with one attached hydrogen (secondary N) is 2. The average molecular weight is 512 g/mol. The molecule has 0 unspecified atom stereocenters. The predicted octanol–water partition coefficient (Wildman–Crippen LogP) is 5.58. The number of para-hydroxylation sites is 1. The van der Waals surface area contributed by atoms with Gasteiger partial charge in [0.25, 0.3) is 5.69 Å². The molecule has 1 amide bonds. The van der Waals surface area contributed by atoms with Crippen LogP contribution in [0.25, 0.3) is 40.1 Å². The smallest absolute Gasteiger partial charge is 0.280 e. The standard InChI is InChI=1S/C26H17N5O5S/c32-23(14-12-18-11-13-21(35-18)19-4-1-2-5-20(19)31(33)34)29-26(37)28-17-9-7-16(8-10-17)25-30-24-22(36-25)6-3-15-27-24/h1-15H,(H2,28,29,32,37)/b14-12+. The third-order valence-electron chi connectivity index (χ3n) is 5.18. The van der Waals surface area contributed by atoms with Gasteiger partial charge in [-0.1, -0.05) is 12.1 Å². The number of pyridine rings is 1. The van der Waals surface area contributed by atoms with Crippen LogP contribution in [0.4, 0.5) is 11.4 Å². The van der Waals surface area contributed by atoms with Crippen LogP contribution in [0.2, 0.25) is 0 Å². The van der Waals surface area contributed by atoms with E-state index in [1.54, 1.807) is 60.8 Å². The highest BCUT2D eigenvalue weighted by Crippen LogP contribution is 2.31. The van der Waals surface area contributed by atoms with Gasteiger partial charge in [-0.05, 0) is 72.9 Å². The van der Waals surface area contributed by atoms with Crippen LogP contribution in [0, 0.1) is 10.1 Å². The van der Waals surface area contributed by atoms with Crippen molar-refractivity contribution in [3.05, 3.63) is 101 Å². The summed E-state index contributed by atoms with van der Waals surface area (Å²) in [7, 11) is 0. The van der Waals surface area contributed by atoms with Crippen LogP contribution in [-0.2, 0) is 4.79 Å². The monoisotopic (exact) mass is 511 g/mol. The van der Waals surface area contributed by atoms with Crippen molar-refractivity contribution < 1.29 is 18.6 Å². The molecule has 0 fully saturated rings. The Morgan fingerprint density at radius 1 is 1.00 bits per heavy atom. The van der Waals surface area contributed by atoms with E-state index in [0.717, 1.165) is 5.56 Å². The molecular formula is C26H17N5O5S. The first-order valence-electron chi connectivity index (χ1n) is 10.9. The Labute approximate surface area is 214 Å². The predicted molar refractivity (Wildman–Crippen MR) is 141 cm³/mol. The highest BCUT2D eigenvalue weighted by Gasteiger charge is 2.17. The van der Waals surface area contributed by atoms with Crippen LogP contribution in [0.3, 0.4) is 0 Å². The van der Waals surface area contributed by atoms with E-state index in [-0.39, 0.29) is 10.8 Å². The van der Waals surface area contributed by atoms with E-state index in [0.29, 0.717) is 39.9 Å². The van der Waals surface area contributed by atoms with E-state index >= 15 is 0 Å². The number of hydrogen-bond acceptors (Lipinski definition) is 8. The summed E-state index contributed by atoms with van der Waals surface area (Å²) in [6.45, 7) is 0. The van der Waals surface area contributed by atoms with Gasteiger partial charge in [0.15, 0.2) is 16.3 Å². The molecule has 2 aromatic carbocycles. The summed E-state index contributed by atoms with van der Waals surface area (Å²) in [6, 6.07) is 20.2. The molecule has 0 aliphatic carbocycles. The fraction of sp³-hybridized carbons (Fsp3) is 0. The number of carbonyl (C=O) groups excluding carboxylic acids is 1. The molecule has 3 heterocycles. The molecule has 37 heavy (non-hydrogen) atoms. The Morgan fingerprint density at radius 2 is 1.81 bits per heavy atom. The Hall–Kier alpha value is -5.16. The van der Waals surface area contributed by atoms with Gasteiger partial charge in [-0.15, -0.1) is 0 Å². The zero-order valence-electron chi connectivity index (χ0n) is 19.0. The van der Waals surface area contributed by atoms with Crippen molar-refractivity contribution in [2.45, 2.75) is 0 Å². The van der Waals surface area contributed by atoms with Gasteiger partial charge in [-0.2, -0.15) is 4.98 Å². The number of thiocarbonyl (C=S) groups is 1. The molecule has 3 aromatic heterocycles. The van der Waals surface area contributed by atoms with E-state index in [2.05, 4.69) is 20.6 Å². The summed E-state index contributed by atoms with van der Waals surface area (Å²) in [4.78, 5) is 31.6. The van der Waals surface area contributed by atoms with Crippen molar-refractivity contribution >= 4 is 51.9 Å². The Kier molecular flexibility index (Phi) is 6.51. The van der Waals surface area contributed by atoms with Gasteiger partial charge in [-0.3, -0.25) is 20.2 Å². The van der Waals surface area contributed by atoms with Gasteiger partial charge in [0.05, 0.1) is 10.5 Å². The number of hydrogen-bond donors (Lipinski definition) is 2. The van der Waals surface area contributed by atoms with Crippen molar-refractivity contribution in [2.75, 3.05) is 5.32 Å². The summed E-state index contributed by atoms with van der Waals surface area (Å²) >= 11 is 5.22. The normalized spacial score (nSPS) is 11.0. The van der Waals surface area contributed by atoms with Crippen molar-refractivity contribution in [1.29, 1.82) is 0 Å². The van der Waals surface area contributed by atoms with Gasteiger partial charge >= 0.3 is 0 Å². The number of fused-ring (bicyclic) bond motifs is 1. The second-order valence-corrected chi connectivity index (χ2v) is 8.08. The van der Waals surface area contributed by atoms with Crippen LogP contribution in [0.15, 0.2) is 93.9 Å². The minimum Gasteiger partial charge on any atom is -0.456 e. The van der Waals surface area contributed by atoms with Crippen molar-refractivity contribution in [2.24, 2.45) is 0 Å². The lowest BCUT2D eigenvalue weighted by Crippen LogP contribution is -2.32. The summed E-state index contributed by atoms with van der Waals surface area (Å²) < 4.78 is 11.4. The fourth-order valence-corrected chi connectivity index (χ4v) is 3.71. The SMILES string of the molecule is O=C(/C=C/c1ccc(-c2ccccc2[N+](=O)[O-])o1)NC(=S)Nc1ccc(-c2nc3ncccc3o2)cc1. The zero-order chi connectivity index (χ0) is 25.8. The van der Waals surface area contributed by atoms with E-state index in [4.69, 9.17) is 21.1 Å². The first kappa shape index (κ1) is 23.6. The highest BCUT2D eigenvalue weighted by molar-refractivity contribution is 7.80. The first-order valence-corrected chi connectivity index (χ1v) is 11.3. The lowest BCUT2D eigenvalue weighted by atomic mass is 10.1. The second kappa shape index (κ2) is 10.2. The number of anilines is 1. The molecule has 0 saturated heterocycles. The van der Waals surface area contributed by atoms with Crippen LogP contribution >= 0.6 is 12.2 Å². The van der Waals surface area contributed by atoms with E-state index in [1.165, 1.54) is 18.2 Å². The molecule has 11 heteroatoms. The number of amides is 1. The van der Waals surface area contributed by atoms with Crippen LogP contribution < -0.4 is 10.6 Å². The average Bonchev–Trinajstić information content (AvgIpc) is 3.55. The third-order valence-corrected chi connectivity index (χ3v) is 5.39. The third kappa shape index (κ3) is 5.41. The Bertz CT molecular complexity index is 1620. The van der Waals surface area contributed by atoms with E-state index < -0.39 is 10.8 Å². The molecule has 0 saturated carbocycles. The van der Waals surface area contributed by atoms with Crippen LogP contribution in [-0.4, -0.2) is 25.9 Å². The van der Waals surface area contributed by atoms with Gasteiger partial charge in [-0.25, -0.2) is 4.98 Å². The quantitative estimate of drug-likeness (QED) is 0.129. The number of benzene rings is 2. The summed E-state index contributed by atoms with van der Waals surface area (Å²) in [5, 5.41) is 16.8. The topological polar surface area (TPSA) is 136 Å². The number of oxazole rings is 1. The largest absolute Gasteiger partial charge is 0.456 e. The second-order valence-electron chi connectivity index (χ2n) is 7.67. The van der Waals surface area contributed by atoms with Gasteiger partial charge in [0, 0.05) is 29.6 Å². The summed E-state index contributed by atoms with van der Waals surface area (Å²) in [6.07, 6.45) is 4.34. The van der Waals surface area contributed by atoms with E-state index in [1.807, 2.05) is 12.1 Å². The number of nitro groups is 1. The lowest BCUT2D eigenvalue weighted by Gasteiger charge is -2.08. The molecule has 0 radical (unpaired) electrons. The molecule has 182 valence electrons. The van der Waals surface area contributed by atoms with Crippen molar-refractivity contribution in [3.63, 3.8) is 0 Å². The minimum absolute atomic E-state index is 0.0690. The summed E-state index contributed by atoms with van der Waals surface area (Å²) in [5.74, 6) is 0.648. The maximum Gasteiger partial charge on any atom is 0.280 e. The number of furan rings is 1. The molecular weight excluding hydrogens is 494 g/mol. The molecule has 0 atom stereocenters. The highest BCUT2D eigenvalue weighted by atomic mass is 32.1. The molecule has 10 nitrogen and oxygen atoms in total. The van der Waals surface area contributed by atoms with Gasteiger partial charge in [0.2, 0.25) is 11.8 Å². The zero-order valence-corrected chi connectivity index (χ0v) is 19.8. The van der Waals surface area contributed by atoms with E-state index in [9.17, 15) is 14.9 Å². The van der Waals surface area contributed by atoms with Gasteiger partial charge < -0.3 is 14.2 Å². The molecule has 0 spiro atoms. The molecule has 2 N–H and O–H groups in total. The fourth-order valence-electron chi connectivity index (χ4n) is 3.49. The Morgan fingerprint density at radius 3 is 2.59 bits per heavy atom. The van der Waals surface area contributed by atoms with Gasteiger partial charge in [0.1, 0.15) is 11.5 Å². The number of carbonyl (C=O) groups is 1.